The lowest BCUT2D eigenvalue weighted by molar-refractivity contribution is 0.0723. The minimum Gasteiger partial charge on any atom is -0.334 e. The van der Waals surface area contributed by atoms with Gasteiger partial charge in [-0.2, -0.15) is 14.8 Å². The number of fused-ring (bicyclic) bond motifs is 1. The van der Waals surface area contributed by atoms with Gasteiger partial charge in [-0.15, -0.1) is 0 Å². The molecule has 132 valence electrons. The second-order valence-electron chi connectivity index (χ2n) is 6.70. The van der Waals surface area contributed by atoms with E-state index in [-0.39, 0.29) is 36.1 Å². The van der Waals surface area contributed by atoms with Crippen LogP contribution in [0.2, 0.25) is 0 Å². The largest absolute Gasteiger partial charge is 0.334 e. The first-order valence-corrected chi connectivity index (χ1v) is 8.41. The van der Waals surface area contributed by atoms with Crippen molar-refractivity contribution < 1.29 is 13.3 Å². The second-order valence-corrected chi connectivity index (χ2v) is 6.70. The Morgan fingerprint density at radius 1 is 1.28 bits per heavy atom. The number of para-hydroxylation sites is 1. The predicted molar refractivity (Wildman–Crippen MR) is 87.9 cm³/mol. The van der Waals surface area contributed by atoms with Gasteiger partial charge in [0.25, 0.3) is 11.8 Å². The summed E-state index contributed by atoms with van der Waals surface area (Å²) in [6.07, 6.45) is 0.528. The average Bonchev–Trinajstić information content (AvgIpc) is 3.21. The van der Waals surface area contributed by atoms with Crippen LogP contribution in [0, 0.1) is 5.82 Å². The first-order chi connectivity index (χ1) is 12.0. The molecule has 2 aromatic heterocycles. The van der Waals surface area contributed by atoms with Crippen molar-refractivity contribution in [3.63, 3.8) is 0 Å². The topological polar surface area (TPSA) is 68.8 Å². The van der Waals surface area contributed by atoms with Crippen LogP contribution >= 0.6 is 0 Å². The van der Waals surface area contributed by atoms with Crippen molar-refractivity contribution in [3.05, 3.63) is 35.6 Å². The van der Waals surface area contributed by atoms with Crippen molar-refractivity contribution in [2.24, 2.45) is 0 Å². The quantitative estimate of drug-likeness (QED) is 0.788. The fraction of sp³-hybridized carbons (Fsp3) is 0.471. The van der Waals surface area contributed by atoms with Crippen molar-refractivity contribution >= 4 is 10.9 Å². The molecule has 8 heteroatoms. The van der Waals surface area contributed by atoms with Crippen molar-refractivity contribution in [1.82, 2.24) is 25.2 Å². The van der Waals surface area contributed by atoms with E-state index in [1.165, 1.54) is 10.7 Å². The maximum atomic E-state index is 15.0. The molecular formula is C17H19F2N5O. The van der Waals surface area contributed by atoms with E-state index >= 15 is 4.39 Å². The number of alkyl halides is 1. The van der Waals surface area contributed by atoms with Gasteiger partial charge in [0.2, 0.25) is 0 Å². The van der Waals surface area contributed by atoms with Gasteiger partial charge < -0.3 is 9.84 Å². The third kappa shape index (κ3) is 2.60. The third-order valence-corrected chi connectivity index (χ3v) is 4.61. The standard InChI is InChI=1S/C17H19F2N5O/c1-10(2)13-11-4-3-5-12(18)14(11)24(22-13)16-21-15(25-23-16)17(19)6-8-20-9-7-17/h3-5,10,20H,6-9H2,1-2H3. The average molecular weight is 347 g/mol. The smallest absolute Gasteiger partial charge is 0.291 e. The molecular weight excluding hydrogens is 328 g/mol. The van der Waals surface area contributed by atoms with Crippen LogP contribution in [0.15, 0.2) is 22.7 Å². The summed E-state index contributed by atoms with van der Waals surface area (Å²) >= 11 is 0. The third-order valence-electron chi connectivity index (χ3n) is 4.61. The fourth-order valence-electron chi connectivity index (χ4n) is 3.24. The SMILES string of the molecule is CC(C)c1nn(-c2noc(C3(F)CCNCC3)n2)c2c(F)cccc12. The zero-order chi connectivity index (χ0) is 17.6. The Labute approximate surface area is 143 Å². The molecule has 1 aliphatic rings. The highest BCUT2D eigenvalue weighted by Crippen LogP contribution is 2.35. The van der Waals surface area contributed by atoms with Crippen LogP contribution in [0.5, 0.6) is 0 Å². The molecule has 4 rings (SSSR count). The summed E-state index contributed by atoms with van der Waals surface area (Å²) in [4.78, 5) is 4.19. The zero-order valence-corrected chi connectivity index (χ0v) is 14.1. The molecule has 0 saturated carbocycles. The van der Waals surface area contributed by atoms with Gasteiger partial charge in [-0.1, -0.05) is 26.0 Å². The molecule has 0 aliphatic carbocycles. The number of hydrogen-bond acceptors (Lipinski definition) is 5. The number of nitrogens with one attached hydrogen (secondary N) is 1. The molecule has 1 N–H and O–H groups in total. The van der Waals surface area contributed by atoms with Crippen molar-refractivity contribution in [1.29, 1.82) is 0 Å². The van der Waals surface area contributed by atoms with Crippen molar-refractivity contribution in [2.45, 2.75) is 38.3 Å². The van der Waals surface area contributed by atoms with Gasteiger partial charge in [0.05, 0.1) is 5.69 Å². The molecule has 1 aromatic carbocycles. The lowest BCUT2D eigenvalue weighted by Crippen LogP contribution is -2.36. The first-order valence-electron chi connectivity index (χ1n) is 8.41. The lowest BCUT2D eigenvalue weighted by atomic mass is 9.94. The van der Waals surface area contributed by atoms with Crippen LogP contribution in [0.25, 0.3) is 16.9 Å². The van der Waals surface area contributed by atoms with Crippen LogP contribution in [-0.4, -0.2) is 33.0 Å². The number of nitrogens with zero attached hydrogens (tertiary/aromatic N) is 4. The van der Waals surface area contributed by atoms with Crippen LogP contribution in [0.4, 0.5) is 8.78 Å². The first kappa shape index (κ1) is 16.1. The maximum Gasteiger partial charge on any atom is 0.291 e. The molecule has 1 saturated heterocycles. The van der Waals surface area contributed by atoms with E-state index < -0.39 is 11.5 Å². The zero-order valence-electron chi connectivity index (χ0n) is 14.1. The minimum atomic E-state index is -1.65. The molecule has 0 spiro atoms. The summed E-state index contributed by atoms with van der Waals surface area (Å²) in [5, 5.41) is 12.1. The summed E-state index contributed by atoms with van der Waals surface area (Å²) in [6.45, 7) is 5.05. The summed E-state index contributed by atoms with van der Waals surface area (Å²) in [6, 6.07) is 4.81. The predicted octanol–water partition coefficient (Wildman–Crippen LogP) is 3.22. The molecule has 1 aliphatic heterocycles. The van der Waals surface area contributed by atoms with Gasteiger partial charge >= 0.3 is 0 Å². The van der Waals surface area contributed by atoms with E-state index in [9.17, 15) is 4.39 Å². The molecule has 1 fully saturated rings. The molecule has 0 bridgehead atoms. The molecule has 0 atom stereocenters. The van der Waals surface area contributed by atoms with Gasteiger partial charge in [-0.25, -0.2) is 8.78 Å². The summed E-state index contributed by atoms with van der Waals surface area (Å²) < 4.78 is 35.9. The number of halogens is 2. The number of benzene rings is 1. The van der Waals surface area contributed by atoms with Gasteiger partial charge in [0.15, 0.2) is 5.67 Å². The molecule has 6 nitrogen and oxygen atoms in total. The minimum absolute atomic E-state index is 0.0487. The van der Waals surface area contributed by atoms with Crippen LogP contribution in [-0.2, 0) is 5.67 Å². The molecule has 3 heterocycles. The number of piperidine rings is 1. The van der Waals surface area contributed by atoms with E-state index in [0.717, 1.165) is 5.69 Å². The van der Waals surface area contributed by atoms with Crippen LogP contribution in [0.3, 0.4) is 0 Å². The number of rotatable bonds is 3. The Balaban J connectivity index is 1.83. The van der Waals surface area contributed by atoms with Crippen LogP contribution < -0.4 is 5.32 Å². The van der Waals surface area contributed by atoms with Crippen molar-refractivity contribution in [2.75, 3.05) is 13.1 Å². The van der Waals surface area contributed by atoms with E-state index in [1.807, 2.05) is 19.9 Å². The van der Waals surface area contributed by atoms with Crippen molar-refractivity contribution in [3.8, 4) is 5.95 Å². The van der Waals surface area contributed by atoms with E-state index in [4.69, 9.17) is 4.52 Å². The number of hydrogen-bond donors (Lipinski definition) is 1. The maximum absolute atomic E-state index is 15.0. The van der Waals surface area contributed by atoms with Crippen LogP contribution in [0.1, 0.15) is 44.2 Å². The Morgan fingerprint density at radius 2 is 2.04 bits per heavy atom. The molecule has 0 unspecified atom stereocenters. The summed E-state index contributed by atoms with van der Waals surface area (Å²) in [7, 11) is 0. The van der Waals surface area contributed by atoms with Gasteiger partial charge in [0.1, 0.15) is 11.3 Å². The van der Waals surface area contributed by atoms with E-state index in [1.54, 1.807) is 6.07 Å². The Morgan fingerprint density at radius 3 is 2.76 bits per heavy atom. The summed E-state index contributed by atoms with van der Waals surface area (Å²) in [5.41, 5.74) is -0.645. The Kier molecular flexibility index (Phi) is 3.79. The monoisotopic (exact) mass is 347 g/mol. The van der Waals surface area contributed by atoms with Gasteiger partial charge in [-0.3, -0.25) is 0 Å². The normalized spacial score (nSPS) is 17.5. The molecule has 0 radical (unpaired) electrons. The van der Waals surface area contributed by atoms with E-state index in [2.05, 4.69) is 20.6 Å². The summed E-state index contributed by atoms with van der Waals surface area (Å²) in [5.74, 6) is -0.364. The molecule has 3 aromatic rings. The highest BCUT2D eigenvalue weighted by Gasteiger charge is 2.40. The highest BCUT2D eigenvalue weighted by atomic mass is 19.1. The van der Waals surface area contributed by atoms with Gasteiger partial charge in [-0.05, 0) is 30.2 Å². The molecule has 25 heavy (non-hydrogen) atoms. The lowest BCUT2D eigenvalue weighted by Gasteiger charge is -2.25. The Bertz CT molecular complexity index is 911. The Hall–Kier alpha value is -2.35. The second kappa shape index (κ2) is 5.87. The van der Waals surface area contributed by atoms with E-state index in [0.29, 0.717) is 18.5 Å². The number of aromatic nitrogens is 4. The van der Waals surface area contributed by atoms with Gasteiger partial charge in [0, 0.05) is 18.2 Å². The highest BCUT2D eigenvalue weighted by molar-refractivity contribution is 5.84. The molecule has 0 amide bonds. The fourth-order valence-corrected chi connectivity index (χ4v) is 3.24.